The number of thioether (sulfide) groups is 1. The minimum absolute atomic E-state index is 0.0929. The summed E-state index contributed by atoms with van der Waals surface area (Å²) < 4.78 is 0. The first kappa shape index (κ1) is 21.2. The Morgan fingerprint density at radius 1 is 1.32 bits per heavy atom. The lowest BCUT2D eigenvalue weighted by Gasteiger charge is -2.27. The van der Waals surface area contributed by atoms with Crippen LogP contribution >= 0.6 is 11.8 Å². The van der Waals surface area contributed by atoms with Gasteiger partial charge in [-0.2, -0.15) is 11.8 Å². The molecule has 0 radical (unpaired) electrons. The Labute approximate surface area is 150 Å². The predicted molar refractivity (Wildman–Crippen MR) is 93.7 cm³/mol. The molecule has 1 rings (SSSR count). The molecule has 10 heteroatoms. The molecule has 0 spiro atoms. The largest absolute Gasteiger partial charge is 0.480 e. The van der Waals surface area contributed by atoms with E-state index in [4.69, 9.17) is 16.6 Å². The van der Waals surface area contributed by atoms with Crippen LogP contribution in [0, 0.1) is 0 Å². The Kier molecular flexibility index (Phi) is 8.70. The zero-order chi connectivity index (χ0) is 19.0. The Morgan fingerprint density at radius 2 is 2.00 bits per heavy atom. The van der Waals surface area contributed by atoms with Gasteiger partial charge in [0.1, 0.15) is 12.1 Å². The van der Waals surface area contributed by atoms with Gasteiger partial charge >= 0.3 is 5.97 Å². The van der Waals surface area contributed by atoms with E-state index in [0.717, 1.165) is 5.75 Å². The van der Waals surface area contributed by atoms with E-state index in [2.05, 4.69) is 5.32 Å². The van der Waals surface area contributed by atoms with E-state index in [-0.39, 0.29) is 18.7 Å². The van der Waals surface area contributed by atoms with E-state index < -0.39 is 35.9 Å². The first-order valence-electron chi connectivity index (χ1n) is 8.14. The van der Waals surface area contributed by atoms with Gasteiger partial charge in [-0.3, -0.25) is 14.4 Å². The molecule has 0 aromatic rings. The average Bonchev–Trinajstić information content (AvgIpc) is 3.04. The molecule has 6 N–H and O–H groups in total. The van der Waals surface area contributed by atoms with E-state index in [1.54, 1.807) is 11.8 Å². The molecule has 3 amide bonds. The van der Waals surface area contributed by atoms with Gasteiger partial charge in [-0.1, -0.05) is 0 Å². The van der Waals surface area contributed by atoms with E-state index in [1.807, 2.05) is 6.26 Å². The summed E-state index contributed by atoms with van der Waals surface area (Å²) in [6, 6.07) is -2.63. The number of carbonyl (C=O) groups is 4. The van der Waals surface area contributed by atoms with Crippen LogP contribution in [0.15, 0.2) is 0 Å². The molecule has 0 saturated carbocycles. The van der Waals surface area contributed by atoms with Gasteiger partial charge in [0.2, 0.25) is 17.7 Å². The van der Waals surface area contributed by atoms with Gasteiger partial charge in [-0.05, 0) is 37.7 Å². The van der Waals surface area contributed by atoms with Crippen LogP contribution in [0.25, 0.3) is 0 Å². The van der Waals surface area contributed by atoms with Crippen LogP contribution in [0.2, 0.25) is 0 Å². The normalized spacial score (nSPS) is 19.3. The lowest BCUT2D eigenvalue weighted by atomic mass is 10.1. The lowest BCUT2D eigenvalue weighted by molar-refractivity contribution is -0.144. The summed E-state index contributed by atoms with van der Waals surface area (Å²) in [4.78, 5) is 48.3. The van der Waals surface area contributed by atoms with Crippen LogP contribution in [-0.2, 0) is 19.2 Å². The van der Waals surface area contributed by atoms with Gasteiger partial charge in [0, 0.05) is 13.0 Å². The highest BCUT2D eigenvalue weighted by Gasteiger charge is 2.37. The third-order valence-corrected chi connectivity index (χ3v) is 4.73. The van der Waals surface area contributed by atoms with Crippen LogP contribution in [0.4, 0.5) is 0 Å². The lowest BCUT2D eigenvalue weighted by Crippen LogP contribution is -2.54. The van der Waals surface area contributed by atoms with Crippen LogP contribution in [-0.4, -0.2) is 70.4 Å². The molecule has 1 aliphatic rings. The van der Waals surface area contributed by atoms with Gasteiger partial charge in [0.25, 0.3) is 0 Å². The number of aliphatic carboxylic acids is 1. The summed E-state index contributed by atoms with van der Waals surface area (Å²) in [5.74, 6) is -1.98. The molecule has 1 saturated heterocycles. The fourth-order valence-electron chi connectivity index (χ4n) is 2.70. The second-order valence-corrected chi connectivity index (χ2v) is 6.97. The highest BCUT2D eigenvalue weighted by molar-refractivity contribution is 7.98. The monoisotopic (exact) mass is 374 g/mol. The van der Waals surface area contributed by atoms with Crippen molar-refractivity contribution in [1.82, 2.24) is 10.2 Å². The molecular weight excluding hydrogens is 348 g/mol. The smallest absolute Gasteiger partial charge is 0.326 e. The maximum absolute atomic E-state index is 12.4. The van der Waals surface area contributed by atoms with Crippen molar-refractivity contribution in [2.24, 2.45) is 11.5 Å². The van der Waals surface area contributed by atoms with Crippen LogP contribution < -0.4 is 16.8 Å². The highest BCUT2D eigenvalue weighted by Crippen LogP contribution is 2.19. The minimum atomic E-state index is -1.25. The molecule has 3 atom stereocenters. The second-order valence-electron chi connectivity index (χ2n) is 5.98. The number of amides is 3. The van der Waals surface area contributed by atoms with E-state index >= 15 is 0 Å². The third kappa shape index (κ3) is 6.54. The number of carboxylic acid groups (broad SMARTS) is 1. The van der Waals surface area contributed by atoms with Crippen molar-refractivity contribution >= 4 is 35.5 Å². The number of carbonyl (C=O) groups excluding carboxylic acids is 3. The van der Waals surface area contributed by atoms with Crippen molar-refractivity contribution in [2.45, 2.75) is 50.2 Å². The predicted octanol–water partition coefficient (Wildman–Crippen LogP) is -1.11. The van der Waals surface area contributed by atoms with Gasteiger partial charge < -0.3 is 26.8 Å². The summed E-state index contributed by atoms with van der Waals surface area (Å²) in [5, 5.41) is 11.6. The molecule has 0 unspecified atom stereocenters. The maximum Gasteiger partial charge on any atom is 0.326 e. The van der Waals surface area contributed by atoms with E-state index in [9.17, 15) is 19.2 Å². The SMILES string of the molecule is CSCC[C@H](N)C(=O)N1CCC[C@H]1C(=O)N[C@@H](CCC(N)=O)C(=O)O. The summed E-state index contributed by atoms with van der Waals surface area (Å²) in [5.41, 5.74) is 10.9. The molecule has 0 bridgehead atoms. The zero-order valence-electron chi connectivity index (χ0n) is 14.3. The molecule has 1 heterocycles. The molecule has 0 aromatic heterocycles. The molecule has 9 nitrogen and oxygen atoms in total. The van der Waals surface area contributed by atoms with Gasteiger partial charge in [0.05, 0.1) is 6.04 Å². The molecule has 1 fully saturated rings. The third-order valence-electron chi connectivity index (χ3n) is 4.08. The summed E-state index contributed by atoms with van der Waals surface area (Å²) in [6.45, 7) is 0.420. The van der Waals surface area contributed by atoms with Crippen molar-refractivity contribution in [3.63, 3.8) is 0 Å². The zero-order valence-corrected chi connectivity index (χ0v) is 15.1. The van der Waals surface area contributed by atoms with Crippen molar-refractivity contribution in [2.75, 3.05) is 18.6 Å². The molecule has 0 aliphatic carbocycles. The number of rotatable bonds is 10. The molecule has 25 heavy (non-hydrogen) atoms. The van der Waals surface area contributed by atoms with Crippen LogP contribution in [0.3, 0.4) is 0 Å². The number of nitrogens with two attached hydrogens (primary N) is 2. The van der Waals surface area contributed by atoms with Crippen molar-refractivity contribution < 1.29 is 24.3 Å². The van der Waals surface area contributed by atoms with Crippen molar-refractivity contribution in [3.05, 3.63) is 0 Å². The molecule has 1 aliphatic heterocycles. The standard InChI is InChI=1S/C15H26N4O5S/c1-25-8-6-9(16)14(22)19-7-2-3-11(19)13(21)18-10(15(23)24)4-5-12(17)20/h9-11H,2-8,16H2,1H3,(H2,17,20)(H,18,21)(H,23,24)/t9-,10-,11-/m0/s1. The van der Waals surface area contributed by atoms with Crippen LogP contribution in [0.5, 0.6) is 0 Å². The highest BCUT2D eigenvalue weighted by atomic mass is 32.2. The first-order chi connectivity index (χ1) is 11.8. The number of hydrogen-bond donors (Lipinski definition) is 4. The fourth-order valence-corrected chi connectivity index (χ4v) is 3.19. The van der Waals surface area contributed by atoms with Gasteiger partial charge in [-0.25, -0.2) is 4.79 Å². The summed E-state index contributed by atoms with van der Waals surface area (Å²) in [7, 11) is 0. The summed E-state index contributed by atoms with van der Waals surface area (Å²) >= 11 is 1.58. The van der Waals surface area contributed by atoms with Crippen LogP contribution in [0.1, 0.15) is 32.1 Å². The molecular formula is C15H26N4O5S. The van der Waals surface area contributed by atoms with Crippen molar-refractivity contribution in [1.29, 1.82) is 0 Å². The maximum atomic E-state index is 12.4. The molecule has 142 valence electrons. The number of likely N-dealkylation sites (tertiary alicyclic amines) is 1. The number of nitrogens with zero attached hydrogens (tertiary/aromatic N) is 1. The number of carboxylic acids is 1. The number of primary amides is 1. The topological polar surface area (TPSA) is 156 Å². The Balaban J connectivity index is 2.69. The second kappa shape index (κ2) is 10.2. The fraction of sp³-hybridized carbons (Fsp3) is 0.733. The average molecular weight is 374 g/mol. The quantitative estimate of drug-likeness (QED) is 0.378. The Hall–Kier alpha value is -1.81. The number of hydrogen-bond acceptors (Lipinski definition) is 6. The van der Waals surface area contributed by atoms with Crippen molar-refractivity contribution in [3.8, 4) is 0 Å². The Bertz CT molecular complexity index is 516. The van der Waals surface area contributed by atoms with E-state index in [1.165, 1.54) is 4.90 Å². The first-order valence-corrected chi connectivity index (χ1v) is 9.53. The minimum Gasteiger partial charge on any atom is -0.480 e. The van der Waals surface area contributed by atoms with Gasteiger partial charge in [-0.15, -0.1) is 0 Å². The molecule has 0 aromatic carbocycles. The summed E-state index contributed by atoms with van der Waals surface area (Å²) in [6.07, 6.45) is 3.30. The Morgan fingerprint density at radius 3 is 2.56 bits per heavy atom. The number of nitrogens with one attached hydrogen (secondary N) is 1. The van der Waals surface area contributed by atoms with Gasteiger partial charge in [0.15, 0.2) is 0 Å². The van der Waals surface area contributed by atoms with E-state index in [0.29, 0.717) is 25.8 Å².